The van der Waals surface area contributed by atoms with E-state index in [0.717, 1.165) is 24.1 Å². The lowest BCUT2D eigenvalue weighted by Gasteiger charge is -2.39. The summed E-state index contributed by atoms with van der Waals surface area (Å²) in [5.74, 6) is -6.61. The summed E-state index contributed by atoms with van der Waals surface area (Å²) in [6.07, 6.45) is -4.78. The maximum absolute atomic E-state index is 14.9. The fraction of sp³-hybridized carbons (Fsp3) is 0.269. The van der Waals surface area contributed by atoms with Crippen molar-refractivity contribution < 1.29 is 50.1 Å². The van der Waals surface area contributed by atoms with Crippen LogP contribution in [0.1, 0.15) is 33.1 Å². The molecule has 0 radical (unpaired) electrons. The molecule has 0 saturated carbocycles. The average Bonchev–Trinajstić information content (AvgIpc) is 2.88. The maximum Gasteiger partial charge on any atom is 0.573 e. The van der Waals surface area contributed by atoms with Gasteiger partial charge in [-0.3, -0.25) is 4.79 Å². The van der Waals surface area contributed by atoms with Crippen LogP contribution >= 0.6 is 0 Å². The number of fused-ring (bicyclic) bond motifs is 1. The second-order valence-corrected chi connectivity index (χ2v) is 8.24. The topological polar surface area (TPSA) is 57.2 Å². The number of benzene rings is 3. The Hall–Kier alpha value is -4.09. The normalized spacial score (nSPS) is 15.1. The Labute approximate surface area is 213 Å². The molecule has 0 fully saturated rings. The van der Waals surface area contributed by atoms with Crippen molar-refractivity contribution in [2.45, 2.75) is 18.8 Å². The molecule has 1 heterocycles. The molecule has 38 heavy (non-hydrogen) atoms. The van der Waals surface area contributed by atoms with Gasteiger partial charge in [-0.25, -0.2) is 8.78 Å². The second kappa shape index (κ2) is 10.3. The zero-order chi connectivity index (χ0) is 27.8. The van der Waals surface area contributed by atoms with Crippen molar-refractivity contribution in [1.82, 2.24) is 4.90 Å². The number of alkyl halides is 3. The van der Waals surface area contributed by atoms with E-state index in [0.29, 0.717) is 22.9 Å². The SMILES string of the molecule is COc1cc2c(c(OC)c1)C(c1cccc(OC(F)(F)F)c1)N(C(=O)c1cc(F)c(OC)c(F)c1F)CC2. The lowest BCUT2D eigenvalue weighted by Crippen LogP contribution is -2.41. The molecule has 1 amide bonds. The molecular weight excluding hydrogens is 520 g/mol. The Bertz CT molecular complexity index is 1360. The highest BCUT2D eigenvalue weighted by Gasteiger charge is 2.38. The molecule has 0 bridgehead atoms. The van der Waals surface area contributed by atoms with Gasteiger partial charge >= 0.3 is 6.36 Å². The van der Waals surface area contributed by atoms with E-state index in [-0.39, 0.29) is 24.3 Å². The first-order valence-electron chi connectivity index (χ1n) is 11.1. The predicted octanol–water partition coefficient (Wildman–Crippen LogP) is 5.82. The molecule has 12 heteroatoms. The van der Waals surface area contributed by atoms with Gasteiger partial charge in [-0.05, 0) is 41.8 Å². The van der Waals surface area contributed by atoms with Crippen molar-refractivity contribution in [2.24, 2.45) is 0 Å². The zero-order valence-electron chi connectivity index (χ0n) is 20.3. The van der Waals surface area contributed by atoms with E-state index in [1.165, 1.54) is 32.4 Å². The van der Waals surface area contributed by atoms with Gasteiger partial charge in [0.15, 0.2) is 17.4 Å². The van der Waals surface area contributed by atoms with E-state index >= 15 is 0 Å². The standard InChI is InChI=1S/C26H21F6NO5/c1-35-16-9-13-7-8-33(25(34)17-12-18(27)24(37-3)22(29)21(17)28)23(20(13)19(11-16)36-2)14-5-4-6-15(10-14)38-26(30,31)32/h4-6,9-12,23H,7-8H2,1-3H3. The number of nitrogens with zero attached hydrogens (tertiary/aromatic N) is 1. The molecule has 4 rings (SSSR count). The van der Waals surface area contributed by atoms with E-state index in [9.17, 15) is 31.1 Å². The highest BCUT2D eigenvalue weighted by molar-refractivity contribution is 5.95. The van der Waals surface area contributed by atoms with Crippen LogP contribution in [0.5, 0.6) is 23.0 Å². The fourth-order valence-electron chi connectivity index (χ4n) is 4.51. The monoisotopic (exact) mass is 541 g/mol. The molecule has 0 saturated heterocycles. The van der Waals surface area contributed by atoms with Crippen molar-refractivity contribution in [2.75, 3.05) is 27.9 Å². The van der Waals surface area contributed by atoms with Gasteiger partial charge in [0.25, 0.3) is 5.91 Å². The zero-order valence-corrected chi connectivity index (χ0v) is 20.3. The van der Waals surface area contributed by atoms with Crippen LogP contribution in [0.2, 0.25) is 0 Å². The van der Waals surface area contributed by atoms with Crippen LogP contribution < -0.4 is 18.9 Å². The number of rotatable bonds is 6. The minimum absolute atomic E-state index is 0.0775. The Morgan fingerprint density at radius 1 is 0.921 bits per heavy atom. The number of hydrogen-bond acceptors (Lipinski definition) is 5. The van der Waals surface area contributed by atoms with Crippen LogP contribution in [0.15, 0.2) is 42.5 Å². The first kappa shape index (κ1) is 27.0. The minimum atomic E-state index is -4.98. The summed E-state index contributed by atoms with van der Waals surface area (Å²) in [6, 6.07) is 7.44. The van der Waals surface area contributed by atoms with Crippen LogP contribution in [0.3, 0.4) is 0 Å². The van der Waals surface area contributed by atoms with E-state index < -0.39 is 52.8 Å². The van der Waals surface area contributed by atoms with Crippen molar-refractivity contribution in [3.8, 4) is 23.0 Å². The van der Waals surface area contributed by atoms with Gasteiger partial charge in [0, 0.05) is 18.2 Å². The molecule has 1 aliphatic rings. The third-order valence-corrected chi connectivity index (χ3v) is 6.08. The molecular formula is C26H21F6NO5. The molecule has 202 valence electrons. The predicted molar refractivity (Wildman–Crippen MR) is 122 cm³/mol. The number of amides is 1. The highest BCUT2D eigenvalue weighted by Crippen LogP contribution is 2.44. The summed E-state index contributed by atoms with van der Waals surface area (Å²) in [4.78, 5) is 14.7. The first-order chi connectivity index (χ1) is 18.0. The van der Waals surface area contributed by atoms with Crippen LogP contribution in [0.4, 0.5) is 26.3 Å². The second-order valence-electron chi connectivity index (χ2n) is 8.24. The Morgan fingerprint density at radius 3 is 2.29 bits per heavy atom. The molecule has 3 aromatic rings. The van der Waals surface area contributed by atoms with Crippen molar-refractivity contribution in [3.63, 3.8) is 0 Å². The summed E-state index contributed by atoms with van der Waals surface area (Å²) < 4.78 is 102. The molecule has 1 unspecified atom stereocenters. The Balaban J connectivity index is 1.91. The van der Waals surface area contributed by atoms with Gasteiger partial charge in [-0.2, -0.15) is 4.39 Å². The number of ether oxygens (including phenoxy) is 4. The van der Waals surface area contributed by atoms with Crippen LogP contribution in [-0.2, 0) is 6.42 Å². The van der Waals surface area contributed by atoms with Crippen molar-refractivity contribution in [1.29, 1.82) is 0 Å². The number of methoxy groups -OCH3 is 3. The van der Waals surface area contributed by atoms with E-state index in [2.05, 4.69) is 9.47 Å². The number of carbonyl (C=O) groups is 1. The third kappa shape index (κ3) is 5.02. The van der Waals surface area contributed by atoms with E-state index in [1.807, 2.05) is 0 Å². The van der Waals surface area contributed by atoms with E-state index in [4.69, 9.17) is 9.47 Å². The van der Waals surface area contributed by atoms with Gasteiger partial charge in [0.05, 0.1) is 32.9 Å². The van der Waals surface area contributed by atoms with Gasteiger partial charge in [0.1, 0.15) is 17.2 Å². The number of hydrogen-bond donors (Lipinski definition) is 0. The van der Waals surface area contributed by atoms with Gasteiger partial charge < -0.3 is 23.8 Å². The molecule has 6 nitrogen and oxygen atoms in total. The minimum Gasteiger partial charge on any atom is -0.497 e. The van der Waals surface area contributed by atoms with Crippen molar-refractivity contribution in [3.05, 3.63) is 82.2 Å². The quantitative estimate of drug-likeness (QED) is 0.291. The Morgan fingerprint density at radius 2 is 1.66 bits per heavy atom. The first-order valence-corrected chi connectivity index (χ1v) is 11.1. The molecule has 1 atom stereocenters. The number of carbonyl (C=O) groups excluding carboxylic acids is 1. The van der Waals surface area contributed by atoms with Crippen LogP contribution in [-0.4, -0.2) is 45.0 Å². The van der Waals surface area contributed by atoms with Gasteiger partial charge in [-0.15, -0.1) is 13.2 Å². The third-order valence-electron chi connectivity index (χ3n) is 6.08. The summed E-state index contributed by atoms with van der Waals surface area (Å²) in [5, 5.41) is 0. The van der Waals surface area contributed by atoms with Crippen molar-refractivity contribution >= 4 is 5.91 Å². The maximum atomic E-state index is 14.9. The molecule has 3 aromatic carbocycles. The lowest BCUT2D eigenvalue weighted by molar-refractivity contribution is -0.274. The van der Waals surface area contributed by atoms with Crippen LogP contribution in [0, 0.1) is 17.5 Å². The smallest absolute Gasteiger partial charge is 0.497 e. The molecule has 0 aromatic heterocycles. The largest absolute Gasteiger partial charge is 0.573 e. The average molecular weight is 541 g/mol. The number of halogens is 6. The fourth-order valence-corrected chi connectivity index (χ4v) is 4.51. The molecule has 0 N–H and O–H groups in total. The van der Waals surface area contributed by atoms with Gasteiger partial charge in [-0.1, -0.05) is 12.1 Å². The lowest BCUT2D eigenvalue weighted by atomic mass is 9.86. The van der Waals surface area contributed by atoms with Crippen LogP contribution in [0.25, 0.3) is 0 Å². The van der Waals surface area contributed by atoms with Gasteiger partial charge in [0.2, 0.25) is 5.82 Å². The summed E-state index contributed by atoms with van der Waals surface area (Å²) >= 11 is 0. The molecule has 1 aliphatic heterocycles. The summed E-state index contributed by atoms with van der Waals surface area (Å²) in [6.45, 7) is -0.0775. The molecule has 0 spiro atoms. The van der Waals surface area contributed by atoms with E-state index in [1.54, 1.807) is 6.07 Å². The summed E-state index contributed by atoms with van der Waals surface area (Å²) in [5.41, 5.74) is 0.265. The summed E-state index contributed by atoms with van der Waals surface area (Å²) in [7, 11) is 3.73. The highest BCUT2D eigenvalue weighted by atomic mass is 19.4. The molecule has 0 aliphatic carbocycles. The Kier molecular flexibility index (Phi) is 7.34.